The predicted octanol–water partition coefficient (Wildman–Crippen LogP) is 2.74. The average molecular weight is 425 g/mol. The molecule has 164 valence electrons. The molecule has 4 rings (SSSR count). The first-order valence-corrected chi connectivity index (χ1v) is 10.9. The number of piperidine rings is 1. The third-order valence-corrected chi connectivity index (χ3v) is 5.82. The monoisotopic (exact) mass is 424 g/mol. The largest absolute Gasteiger partial charge is 0.462 e. The molecule has 8 nitrogen and oxygen atoms in total. The van der Waals surface area contributed by atoms with E-state index < -0.39 is 5.97 Å². The fraction of sp³-hybridized carbons (Fsp3) is 0.478. The fourth-order valence-electron chi connectivity index (χ4n) is 4.04. The van der Waals surface area contributed by atoms with E-state index in [2.05, 4.69) is 15.6 Å². The number of allylic oxidation sites excluding steroid dienone is 1. The summed E-state index contributed by atoms with van der Waals surface area (Å²) in [6.45, 7) is 4.80. The maximum absolute atomic E-state index is 13.2. The first-order valence-electron chi connectivity index (χ1n) is 10.9. The highest BCUT2D eigenvalue weighted by Crippen LogP contribution is 2.33. The van der Waals surface area contributed by atoms with E-state index in [0.717, 1.165) is 24.9 Å². The van der Waals surface area contributed by atoms with Crippen molar-refractivity contribution in [3.63, 3.8) is 0 Å². The normalized spacial score (nSPS) is 20.8. The van der Waals surface area contributed by atoms with E-state index in [1.807, 2.05) is 29.2 Å². The number of nitrogens with one attached hydrogen (secondary N) is 2. The summed E-state index contributed by atoms with van der Waals surface area (Å²) in [5.74, 6) is -0.657. The predicted molar refractivity (Wildman–Crippen MR) is 117 cm³/mol. The molecule has 0 aromatic heterocycles. The van der Waals surface area contributed by atoms with Crippen molar-refractivity contribution < 1.29 is 19.1 Å². The maximum Gasteiger partial charge on any atom is 0.343 e. The average Bonchev–Trinajstić information content (AvgIpc) is 3.60. The zero-order chi connectivity index (χ0) is 22.0. The number of carbonyl (C=O) groups excluding carboxylic acids is 3. The minimum absolute atomic E-state index is 0.136. The lowest BCUT2D eigenvalue weighted by molar-refractivity contribution is -0.138. The second-order valence-corrected chi connectivity index (χ2v) is 8.21. The highest BCUT2D eigenvalue weighted by molar-refractivity contribution is 6.24. The number of amides is 2. The standard InChI is InChI=1S/C23H28N4O4/c1-3-31-23(30)19-14(2)24-17-8-4-5-9-18(17)25-20(19)26-21(28)16-7-6-12-27(13-16)22(29)15-10-11-15/h4-5,8-9,15-16,24H,3,6-7,10-13H2,1-2H3,(H,25,26,28). The van der Waals surface area contributed by atoms with Gasteiger partial charge in [0.1, 0.15) is 11.4 Å². The van der Waals surface area contributed by atoms with Gasteiger partial charge in [-0.1, -0.05) is 12.1 Å². The Hall–Kier alpha value is -3.16. The molecule has 1 unspecified atom stereocenters. The molecule has 2 aliphatic heterocycles. The van der Waals surface area contributed by atoms with Crippen molar-refractivity contribution in [2.24, 2.45) is 16.8 Å². The van der Waals surface area contributed by atoms with Crippen LogP contribution in [0, 0.1) is 11.8 Å². The number of fused-ring (bicyclic) bond motifs is 1. The van der Waals surface area contributed by atoms with Crippen LogP contribution >= 0.6 is 0 Å². The highest BCUT2D eigenvalue weighted by Gasteiger charge is 2.37. The molecule has 0 spiro atoms. The van der Waals surface area contributed by atoms with Crippen LogP contribution in [-0.2, 0) is 19.1 Å². The molecule has 2 N–H and O–H groups in total. The summed E-state index contributed by atoms with van der Waals surface area (Å²) in [5, 5.41) is 6.06. The number of para-hydroxylation sites is 2. The van der Waals surface area contributed by atoms with Gasteiger partial charge in [0.2, 0.25) is 11.8 Å². The Bertz CT molecular complexity index is 964. The SMILES string of the molecule is CCOC(=O)C1=C(C)Nc2ccccc2N=C1NC(=O)C1CCCN(C(=O)C2CC2)C1. The highest BCUT2D eigenvalue weighted by atomic mass is 16.5. The number of carbonyl (C=O) groups is 3. The summed E-state index contributed by atoms with van der Waals surface area (Å²) in [7, 11) is 0. The van der Waals surface area contributed by atoms with Gasteiger partial charge in [0.25, 0.3) is 0 Å². The lowest BCUT2D eigenvalue weighted by atomic mass is 9.96. The number of ether oxygens (including phenoxy) is 1. The second-order valence-electron chi connectivity index (χ2n) is 8.21. The molecule has 1 aromatic carbocycles. The number of anilines is 1. The lowest BCUT2D eigenvalue weighted by Gasteiger charge is -2.32. The quantitative estimate of drug-likeness (QED) is 0.724. The second kappa shape index (κ2) is 8.91. The number of rotatable bonds is 4. The van der Waals surface area contributed by atoms with E-state index in [0.29, 0.717) is 30.9 Å². The number of hydrogen-bond acceptors (Lipinski definition) is 6. The first kappa shape index (κ1) is 21.1. The lowest BCUT2D eigenvalue weighted by Crippen LogP contribution is -2.47. The van der Waals surface area contributed by atoms with Crippen molar-refractivity contribution >= 4 is 35.0 Å². The molecule has 8 heteroatoms. The summed E-state index contributed by atoms with van der Waals surface area (Å²) in [5.41, 5.74) is 2.11. The van der Waals surface area contributed by atoms with Gasteiger partial charge in [-0.05, 0) is 51.7 Å². The molecule has 2 fully saturated rings. The van der Waals surface area contributed by atoms with Gasteiger partial charge in [-0.3, -0.25) is 9.59 Å². The van der Waals surface area contributed by atoms with Crippen molar-refractivity contribution in [3.8, 4) is 0 Å². The molecule has 0 bridgehead atoms. The van der Waals surface area contributed by atoms with Crippen molar-refractivity contribution in [3.05, 3.63) is 35.5 Å². The minimum Gasteiger partial charge on any atom is -0.462 e. The van der Waals surface area contributed by atoms with Crippen LogP contribution in [0.15, 0.2) is 40.5 Å². The van der Waals surface area contributed by atoms with Crippen LogP contribution in [0.25, 0.3) is 0 Å². The van der Waals surface area contributed by atoms with E-state index >= 15 is 0 Å². The molecular weight excluding hydrogens is 396 g/mol. The van der Waals surface area contributed by atoms with Crippen molar-refractivity contribution in [1.82, 2.24) is 10.2 Å². The van der Waals surface area contributed by atoms with Crippen LogP contribution in [0.4, 0.5) is 11.4 Å². The third-order valence-electron chi connectivity index (χ3n) is 5.82. The van der Waals surface area contributed by atoms with Gasteiger partial charge in [0, 0.05) is 24.7 Å². The number of aliphatic imine (C=N–C) groups is 1. The van der Waals surface area contributed by atoms with Gasteiger partial charge >= 0.3 is 5.97 Å². The molecule has 2 heterocycles. The number of likely N-dealkylation sites (tertiary alicyclic amines) is 1. The van der Waals surface area contributed by atoms with Gasteiger partial charge in [-0.25, -0.2) is 9.79 Å². The molecule has 31 heavy (non-hydrogen) atoms. The summed E-state index contributed by atoms with van der Waals surface area (Å²) < 4.78 is 5.22. The Balaban J connectivity index is 1.58. The van der Waals surface area contributed by atoms with Gasteiger partial charge in [-0.2, -0.15) is 0 Å². The number of hydrogen-bond donors (Lipinski definition) is 2. The Kier molecular flexibility index (Phi) is 6.06. The topological polar surface area (TPSA) is 100 Å². The van der Waals surface area contributed by atoms with Crippen LogP contribution in [0.3, 0.4) is 0 Å². The van der Waals surface area contributed by atoms with Crippen LogP contribution in [0.1, 0.15) is 39.5 Å². The van der Waals surface area contributed by atoms with Gasteiger partial charge in [-0.15, -0.1) is 0 Å². The number of benzene rings is 1. The Morgan fingerprint density at radius 3 is 2.71 bits per heavy atom. The zero-order valence-electron chi connectivity index (χ0n) is 17.9. The fourth-order valence-corrected chi connectivity index (χ4v) is 4.04. The van der Waals surface area contributed by atoms with E-state index in [1.165, 1.54) is 0 Å². The number of nitrogens with zero attached hydrogens (tertiary/aromatic N) is 2. The van der Waals surface area contributed by atoms with E-state index in [1.54, 1.807) is 13.8 Å². The summed E-state index contributed by atoms with van der Waals surface area (Å²) in [6.07, 6.45) is 3.37. The molecule has 3 aliphatic rings. The van der Waals surface area contributed by atoms with E-state index in [4.69, 9.17) is 4.74 Å². The summed E-state index contributed by atoms with van der Waals surface area (Å²) >= 11 is 0. The van der Waals surface area contributed by atoms with Crippen molar-refractivity contribution in [2.75, 3.05) is 25.0 Å². The van der Waals surface area contributed by atoms with Crippen molar-refractivity contribution in [2.45, 2.75) is 39.5 Å². The molecule has 1 aromatic rings. The Labute approximate surface area is 181 Å². The van der Waals surface area contributed by atoms with Gasteiger partial charge in [0.15, 0.2) is 0 Å². The van der Waals surface area contributed by atoms with E-state index in [-0.39, 0.29) is 41.7 Å². The molecule has 0 radical (unpaired) electrons. The number of esters is 1. The van der Waals surface area contributed by atoms with Crippen LogP contribution in [0.2, 0.25) is 0 Å². The Morgan fingerprint density at radius 2 is 1.97 bits per heavy atom. The zero-order valence-corrected chi connectivity index (χ0v) is 17.9. The van der Waals surface area contributed by atoms with Crippen LogP contribution < -0.4 is 10.6 Å². The smallest absolute Gasteiger partial charge is 0.343 e. The first-order chi connectivity index (χ1) is 15.0. The Morgan fingerprint density at radius 1 is 1.19 bits per heavy atom. The summed E-state index contributed by atoms with van der Waals surface area (Å²) in [4.78, 5) is 44.7. The molecule has 1 aliphatic carbocycles. The molecule has 1 atom stereocenters. The van der Waals surface area contributed by atoms with Gasteiger partial charge in [0.05, 0.1) is 23.9 Å². The van der Waals surface area contributed by atoms with Gasteiger partial charge < -0.3 is 20.3 Å². The summed E-state index contributed by atoms with van der Waals surface area (Å²) in [6, 6.07) is 7.39. The molecule has 1 saturated heterocycles. The third kappa shape index (κ3) is 4.62. The van der Waals surface area contributed by atoms with Crippen LogP contribution in [-0.4, -0.2) is 48.2 Å². The molecule has 2 amide bonds. The number of amidine groups is 1. The van der Waals surface area contributed by atoms with Crippen molar-refractivity contribution in [1.29, 1.82) is 0 Å². The molecular formula is C23H28N4O4. The van der Waals surface area contributed by atoms with Crippen LogP contribution in [0.5, 0.6) is 0 Å². The molecule has 1 saturated carbocycles. The maximum atomic E-state index is 13.2. The van der Waals surface area contributed by atoms with E-state index in [9.17, 15) is 14.4 Å². The minimum atomic E-state index is -0.548.